The molecule has 1 aromatic rings. The fraction of sp³-hybridized carbons (Fsp3) is 0.353. The minimum Gasteiger partial charge on any atom is -0.484 e. The molecule has 1 aromatic carbocycles. The molecule has 0 unspecified atom stereocenters. The van der Waals surface area contributed by atoms with Gasteiger partial charge in [-0.15, -0.1) is 0 Å². The van der Waals surface area contributed by atoms with E-state index in [2.05, 4.69) is 0 Å². The molecule has 2 aliphatic heterocycles. The van der Waals surface area contributed by atoms with Gasteiger partial charge < -0.3 is 25.6 Å². The Bertz CT molecular complexity index is 768. The number of carboxylic acids is 1. The average molecular weight is 346 g/mol. The molecule has 3 rings (SSSR count). The van der Waals surface area contributed by atoms with E-state index in [0.29, 0.717) is 23.3 Å². The molecule has 0 saturated carbocycles. The summed E-state index contributed by atoms with van der Waals surface area (Å²) in [6.07, 6.45) is -0.461. The number of nitrogens with two attached hydrogens (primary N) is 1. The number of carbonyl (C=O) groups excluding carboxylic acids is 2. The SMILES string of the molecule is C[C@@H](O)[C@H]1C(=O)N2C(C(=O)O)=C(c3ccc(OCC(N)=O)cc3)C[C@H]12. The van der Waals surface area contributed by atoms with Gasteiger partial charge in [-0.1, -0.05) is 12.1 Å². The molecule has 3 atom stereocenters. The number of aliphatic hydroxyl groups is 1. The van der Waals surface area contributed by atoms with Gasteiger partial charge in [0.1, 0.15) is 11.4 Å². The first-order chi connectivity index (χ1) is 11.8. The molecule has 0 radical (unpaired) electrons. The number of carboxylic acid groups (broad SMARTS) is 1. The minimum absolute atomic E-state index is 0.0438. The number of benzene rings is 1. The number of fused-ring (bicyclic) bond motifs is 1. The van der Waals surface area contributed by atoms with E-state index < -0.39 is 23.9 Å². The fourth-order valence-electron chi connectivity index (χ4n) is 3.43. The second-order valence-electron chi connectivity index (χ2n) is 6.16. The molecule has 0 bridgehead atoms. The summed E-state index contributed by atoms with van der Waals surface area (Å²) in [7, 11) is 0. The van der Waals surface area contributed by atoms with Crippen molar-refractivity contribution in [1.29, 1.82) is 0 Å². The Labute approximate surface area is 143 Å². The third kappa shape index (κ3) is 2.85. The highest BCUT2D eigenvalue weighted by atomic mass is 16.5. The van der Waals surface area contributed by atoms with Gasteiger partial charge in [-0.05, 0) is 36.6 Å². The van der Waals surface area contributed by atoms with Gasteiger partial charge in [0.15, 0.2) is 6.61 Å². The first kappa shape index (κ1) is 17.0. The lowest BCUT2D eigenvalue weighted by atomic mass is 9.82. The lowest BCUT2D eigenvalue weighted by molar-refractivity contribution is -0.161. The number of β-lactam (4-membered cyclic amide) rings is 1. The molecular weight excluding hydrogens is 328 g/mol. The second-order valence-corrected chi connectivity index (χ2v) is 6.16. The van der Waals surface area contributed by atoms with Crippen LogP contribution in [0.4, 0.5) is 0 Å². The molecule has 25 heavy (non-hydrogen) atoms. The van der Waals surface area contributed by atoms with Crippen LogP contribution in [0, 0.1) is 5.92 Å². The highest BCUT2D eigenvalue weighted by Crippen LogP contribution is 2.46. The van der Waals surface area contributed by atoms with Crippen molar-refractivity contribution in [1.82, 2.24) is 4.90 Å². The number of amides is 2. The van der Waals surface area contributed by atoms with E-state index >= 15 is 0 Å². The first-order valence-electron chi connectivity index (χ1n) is 7.80. The molecule has 0 aliphatic carbocycles. The Morgan fingerprint density at radius 2 is 2.00 bits per heavy atom. The van der Waals surface area contributed by atoms with Gasteiger partial charge in [0, 0.05) is 0 Å². The Kier molecular flexibility index (Phi) is 4.22. The Hall–Kier alpha value is -2.87. The zero-order chi connectivity index (χ0) is 18.3. The van der Waals surface area contributed by atoms with Crippen molar-refractivity contribution in [3.63, 3.8) is 0 Å². The van der Waals surface area contributed by atoms with Crippen molar-refractivity contribution >= 4 is 23.4 Å². The predicted octanol–water partition coefficient (Wildman–Crippen LogP) is -0.0421. The van der Waals surface area contributed by atoms with Gasteiger partial charge in [-0.3, -0.25) is 9.59 Å². The van der Waals surface area contributed by atoms with Crippen LogP contribution in [0.1, 0.15) is 18.9 Å². The summed E-state index contributed by atoms with van der Waals surface area (Å²) < 4.78 is 5.18. The number of ether oxygens (including phenoxy) is 1. The lowest BCUT2D eigenvalue weighted by Crippen LogP contribution is -2.61. The highest BCUT2D eigenvalue weighted by molar-refractivity contribution is 6.06. The minimum atomic E-state index is -1.18. The largest absolute Gasteiger partial charge is 0.484 e. The summed E-state index contributed by atoms with van der Waals surface area (Å²) in [5.74, 6) is -2.29. The maximum absolute atomic E-state index is 12.2. The van der Waals surface area contributed by atoms with E-state index in [0.717, 1.165) is 0 Å². The molecular formula is C17H18N2O6. The number of aliphatic hydroxyl groups excluding tert-OH is 1. The molecule has 0 spiro atoms. The van der Waals surface area contributed by atoms with Gasteiger partial charge >= 0.3 is 5.97 Å². The molecule has 0 aromatic heterocycles. The summed E-state index contributed by atoms with van der Waals surface area (Å²) in [4.78, 5) is 35.8. The van der Waals surface area contributed by atoms with Gasteiger partial charge in [0.2, 0.25) is 5.91 Å². The van der Waals surface area contributed by atoms with Gasteiger partial charge in [0.05, 0.1) is 18.1 Å². The number of primary amides is 1. The van der Waals surface area contributed by atoms with Crippen LogP contribution < -0.4 is 10.5 Å². The predicted molar refractivity (Wildman–Crippen MR) is 86.1 cm³/mol. The van der Waals surface area contributed by atoms with E-state index in [1.165, 1.54) is 11.8 Å². The normalized spacial score (nSPS) is 23.1. The summed E-state index contributed by atoms with van der Waals surface area (Å²) >= 11 is 0. The van der Waals surface area contributed by atoms with Gasteiger partial charge in [-0.25, -0.2) is 4.79 Å². The van der Waals surface area contributed by atoms with E-state index in [-0.39, 0.29) is 24.3 Å². The molecule has 8 heteroatoms. The quantitative estimate of drug-likeness (QED) is 0.620. The van der Waals surface area contributed by atoms with Crippen molar-refractivity contribution in [3.8, 4) is 5.75 Å². The summed E-state index contributed by atoms with van der Waals surface area (Å²) in [5.41, 5.74) is 6.16. The van der Waals surface area contributed by atoms with Crippen LogP contribution >= 0.6 is 0 Å². The highest BCUT2D eigenvalue weighted by Gasteiger charge is 2.56. The number of hydrogen-bond donors (Lipinski definition) is 3. The Balaban J connectivity index is 1.87. The fourth-order valence-corrected chi connectivity index (χ4v) is 3.43. The Morgan fingerprint density at radius 3 is 2.52 bits per heavy atom. The zero-order valence-corrected chi connectivity index (χ0v) is 13.5. The maximum atomic E-state index is 12.2. The lowest BCUT2D eigenvalue weighted by Gasteiger charge is -2.44. The number of nitrogens with zero attached hydrogens (tertiary/aromatic N) is 1. The summed E-state index contributed by atoms with van der Waals surface area (Å²) in [6, 6.07) is 6.21. The standard InChI is InChI=1S/C17H18N2O6/c1-8(20)14-12-6-11(15(17(23)24)19(12)16(14)22)9-2-4-10(5-3-9)25-7-13(18)21/h2-5,8,12,14,20H,6-7H2,1H3,(H2,18,21)(H,23,24)/t8-,12-,14-/m1/s1. The van der Waals surface area contributed by atoms with Crippen molar-refractivity contribution in [3.05, 3.63) is 35.5 Å². The van der Waals surface area contributed by atoms with Crippen molar-refractivity contribution in [2.75, 3.05) is 6.61 Å². The zero-order valence-electron chi connectivity index (χ0n) is 13.5. The van der Waals surface area contributed by atoms with Gasteiger partial charge in [-0.2, -0.15) is 0 Å². The molecule has 4 N–H and O–H groups in total. The van der Waals surface area contributed by atoms with Crippen LogP contribution in [0.3, 0.4) is 0 Å². The molecule has 2 amide bonds. The van der Waals surface area contributed by atoms with Crippen molar-refractivity contribution in [2.45, 2.75) is 25.5 Å². The van der Waals surface area contributed by atoms with Crippen LogP contribution in [-0.4, -0.2) is 51.6 Å². The smallest absolute Gasteiger partial charge is 0.352 e. The van der Waals surface area contributed by atoms with E-state index in [9.17, 15) is 24.6 Å². The van der Waals surface area contributed by atoms with E-state index in [1.807, 2.05) is 0 Å². The molecule has 132 valence electrons. The van der Waals surface area contributed by atoms with Crippen LogP contribution in [0.5, 0.6) is 5.75 Å². The van der Waals surface area contributed by atoms with Crippen molar-refractivity contribution < 1.29 is 29.3 Å². The second kappa shape index (κ2) is 6.21. The maximum Gasteiger partial charge on any atom is 0.352 e. The number of aliphatic carboxylic acids is 1. The average Bonchev–Trinajstić information content (AvgIpc) is 2.88. The van der Waals surface area contributed by atoms with E-state index in [4.69, 9.17) is 10.5 Å². The molecule has 2 aliphatic rings. The monoisotopic (exact) mass is 346 g/mol. The van der Waals surface area contributed by atoms with Gasteiger partial charge in [0.25, 0.3) is 5.91 Å². The first-order valence-corrected chi connectivity index (χ1v) is 7.80. The van der Waals surface area contributed by atoms with Crippen LogP contribution in [-0.2, 0) is 14.4 Å². The van der Waals surface area contributed by atoms with E-state index in [1.54, 1.807) is 24.3 Å². The number of carbonyl (C=O) groups is 3. The van der Waals surface area contributed by atoms with Crippen LogP contribution in [0.15, 0.2) is 30.0 Å². The summed E-state index contributed by atoms with van der Waals surface area (Å²) in [5, 5.41) is 19.3. The van der Waals surface area contributed by atoms with Crippen LogP contribution in [0.25, 0.3) is 5.57 Å². The summed E-state index contributed by atoms with van der Waals surface area (Å²) in [6.45, 7) is 1.28. The molecule has 8 nitrogen and oxygen atoms in total. The third-order valence-corrected chi connectivity index (χ3v) is 4.51. The molecule has 1 fully saturated rings. The number of rotatable bonds is 6. The Morgan fingerprint density at radius 1 is 1.36 bits per heavy atom. The third-order valence-electron chi connectivity index (χ3n) is 4.51. The van der Waals surface area contributed by atoms with Crippen LogP contribution in [0.2, 0.25) is 0 Å². The van der Waals surface area contributed by atoms with Crippen molar-refractivity contribution in [2.24, 2.45) is 11.7 Å². The molecule has 2 heterocycles. The topological polar surface area (TPSA) is 130 Å². The molecule has 1 saturated heterocycles. The number of hydrogen-bond acceptors (Lipinski definition) is 5.